The zero-order chi connectivity index (χ0) is 10.9. The average Bonchev–Trinajstić information content (AvgIpc) is 2.20. The third kappa shape index (κ3) is 2.07. The first kappa shape index (κ1) is 11.4. The summed E-state index contributed by atoms with van der Waals surface area (Å²) in [5, 5.41) is 9.98. The lowest BCUT2D eigenvalue weighted by atomic mass is 9.73. The predicted octanol–water partition coefficient (Wildman–Crippen LogP) is 2.41. The highest BCUT2D eigenvalue weighted by Crippen LogP contribution is 2.40. The summed E-state index contributed by atoms with van der Waals surface area (Å²) in [6, 6.07) is 0.477. The second-order valence-corrected chi connectivity index (χ2v) is 5.53. The molecule has 0 bridgehead atoms. The Morgan fingerprint density at radius 1 is 1.13 bits per heavy atom. The van der Waals surface area contributed by atoms with Crippen molar-refractivity contribution in [2.24, 2.45) is 5.41 Å². The van der Waals surface area contributed by atoms with Crippen LogP contribution in [0.1, 0.15) is 52.4 Å². The van der Waals surface area contributed by atoms with E-state index in [2.05, 4.69) is 18.7 Å². The first-order valence-electron chi connectivity index (χ1n) is 6.63. The standard InChI is InChI=1S/C13H25NO/c1-3-13(4-2)9-14(10-13)11-7-5-6-8-12(11)15/h11-12,15H,3-10H2,1-2H3. The summed E-state index contributed by atoms with van der Waals surface area (Å²) in [7, 11) is 0. The molecule has 2 rings (SSSR count). The van der Waals surface area contributed by atoms with E-state index in [0.717, 1.165) is 6.42 Å². The molecule has 1 heterocycles. The molecule has 0 aromatic heterocycles. The molecule has 88 valence electrons. The Hall–Kier alpha value is -0.0800. The Kier molecular flexibility index (Phi) is 3.36. The molecule has 0 aromatic carbocycles. The highest BCUT2D eigenvalue weighted by Gasteiger charge is 2.44. The molecule has 2 nitrogen and oxygen atoms in total. The van der Waals surface area contributed by atoms with Crippen LogP contribution in [-0.4, -0.2) is 35.2 Å². The minimum Gasteiger partial charge on any atom is -0.391 e. The largest absolute Gasteiger partial charge is 0.391 e. The van der Waals surface area contributed by atoms with Gasteiger partial charge in [-0.1, -0.05) is 26.7 Å². The SMILES string of the molecule is CCC1(CC)CN(C2CCCCC2O)C1. The number of nitrogens with zero attached hydrogens (tertiary/aromatic N) is 1. The lowest BCUT2D eigenvalue weighted by molar-refractivity contribution is -0.0852. The van der Waals surface area contributed by atoms with E-state index in [1.54, 1.807) is 0 Å². The first-order valence-corrected chi connectivity index (χ1v) is 6.63. The Bertz CT molecular complexity index is 205. The lowest BCUT2D eigenvalue weighted by Gasteiger charge is -2.54. The summed E-state index contributed by atoms with van der Waals surface area (Å²) in [6.45, 7) is 7.06. The van der Waals surface area contributed by atoms with Crippen molar-refractivity contribution in [3.63, 3.8) is 0 Å². The number of likely N-dealkylation sites (tertiary alicyclic amines) is 1. The molecule has 15 heavy (non-hydrogen) atoms. The number of rotatable bonds is 3. The summed E-state index contributed by atoms with van der Waals surface area (Å²) in [6.07, 6.45) is 7.30. The van der Waals surface area contributed by atoms with Gasteiger partial charge >= 0.3 is 0 Å². The summed E-state index contributed by atoms with van der Waals surface area (Å²) in [5.41, 5.74) is 0.581. The van der Waals surface area contributed by atoms with Crippen molar-refractivity contribution in [3.05, 3.63) is 0 Å². The normalized spacial score (nSPS) is 36.2. The van der Waals surface area contributed by atoms with Crippen LogP contribution in [0.25, 0.3) is 0 Å². The molecule has 1 saturated heterocycles. The van der Waals surface area contributed by atoms with Crippen molar-refractivity contribution in [3.8, 4) is 0 Å². The van der Waals surface area contributed by atoms with Crippen LogP contribution < -0.4 is 0 Å². The van der Waals surface area contributed by atoms with E-state index < -0.39 is 0 Å². The molecule has 2 aliphatic rings. The van der Waals surface area contributed by atoms with E-state index in [-0.39, 0.29) is 6.10 Å². The summed E-state index contributed by atoms with van der Waals surface area (Å²) >= 11 is 0. The van der Waals surface area contributed by atoms with Gasteiger partial charge in [0.15, 0.2) is 0 Å². The molecule has 0 amide bonds. The van der Waals surface area contributed by atoms with Gasteiger partial charge in [0.25, 0.3) is 0 Å². The molecule has 0 aromatic rings. The minimum atomic E-state index is -0.0505. The van der Waals surface area contributed by atoms with E-state index in [1.807, 2.05) is 0 Å². The van der Waals surface area contributed by atoms with Crippen molar-refractivity contribution in [1.82, 2.24) is 4.90 Å². The maximum absolute atomic E-state index is 9.98. The smallest absolute Gasteiger partial charge is 0.0695 e. The fraction of sp³-hybridized carbons (Fsp3) is 1.00. The van der Waals surface area contributed by atoms with Crippen molar-refractivity contribution in [1.29, 1.82) is 0 Å². The molecular weight excluding hydrogens is 186 g/mol. The molecule has 0 radical (unpaired) electrons. The van der Waals surface area contributed by atoms with Gasteiger partial charge in [-0.25, -0.2) is 0 Å². The monoisotopic (exact) mass is 211 g/mol. The topological polar surface area (TPSA) is 23.5 Å². The Balaban J connectivity index is 1.87. The molecule has 2 heteroatoms. The van der Waals surface area contributed by atoms with E-state index in [9.17, 15) is 5.11 Å². The average molecular weight is 211 g/mol. The zero-order valence-electron chi connectivity index (χ0n) is 10.2. The van der Waals surface area contributed by atoms with Gasteiger partial charge < -0.3 is 5.11 Å². The van der Waals surface area contributed by atoms with Gasteiger partial charge in [0.2, 0.25) is 0 Å². The third-order valence-electron chi connectivity index (χ3n) is 4.74. The first-order chi connectivity index (χ1) is 7.21. The van der Waals surface area contributed by atoms with E-state index >= 15 is 0 Å². The Morgan fingerprint density at radius 3 is 2.27 bits per heavy atom. The van der Waals surface area contributed by atoms with Crippen molar-refractivity contribution in [2.75, 3.05) is 13.1 Å². The Morgan fingerprint density at radius 2 is 1.73 bits per heavy atom. The van der Waals surface area contributed by atoms with E-state index in [0.29, 0.717) is 11.5 Å². The molecule has 1 aliphatic carbocycles. The summed E-state index contributed by atoms with van der Waals surface area (Å²) in [5.74, 6) is 0. The van der Waals surface area contributed by atoms with Crippen LogP contribution >= 0.6 is 0 Å². The van der Waals surface area contributed by atoms with Gasteiger partial charge in [-0.05, 0) is 31.1 Å². The minimum absolute atomic E-state index is 0.0505. The zero-order valence-corrected chi connectivity index (χ0v) is 10.2. The van der Waals surface area contributed by atoms with Gasteiger partial charge in [-0.3, -0.25) is 4.90 Å². The van der Waals surface area contributed by atoms with Crippen molar-refractivity contribution in [2.45, 2.75) is 64.5 Å². The number of aliphatic hydroxyl groups is 1. The van der Waals surface area contributed by atoms with Crippen LogP contribution in [0, 0.1) is 5.41 Å². The number of hydrogen-bond acceptors (Lipinski definition) is 2. The van der Waals surface area contributed by atoms with Gasteiger partial charge in [0.05, 0.1) is 6.10 Å². The Labute approximate surface area is 93.7 Å². The predicted molar refractivity (Wildman–Crippen MR) is 62.9 cm³/mol. The molecule has 2 fully saturated rings. The highest BCUT2D eigenvalue weighted by atomic mass is 16.3. The highest BCUT2D eigenvalue weighted by molar-refractivity contribution is 4.98. The quantitative estimate of drug-likeness (QED) is 0.775. The van der Waals surface area contributed by atoms with Crippen LogP contribution in [0.2, 0.25) is 0 Å². The van der Waals surface area contributed by atoms with Crippen LogP contribution in [0.3, 0.4) is 0 Å². The van der Waals surface area contributed by atoms with Crippen LogP contribution in [-0.2, 0) is 0 Å². The lowest BCUT2D eigenvalue weighted by Crippen LogP contribution is -2.62. The molecule has 0 spiro atoms. The van der Waals surface area contributed by atoms with Crippen LogP contribution in [0.15, 0.2) is 0 Å². The van der Waals surface area contributed by atoms with Crippen molar-refractivity contribution < 1.29 is 5.11 Å². The molecular formula is C13H25NO. The molecule has 2 unspecified atom stereocenters. The fourth-order valence-electron chi connectivity index (χ4n) is 3.26. The molecule has 1 aliphatic heterocycles. The van der Waals surface area contributed by atoms with Gasteiger partial charge in [-0.15, -0.1) is 0 Å². The number of aliphatic hydroxyl groups excluding tert-OH is 1. The molecule has 1 N–H and O–H groups in total. The number of hydrogen-bond donors (Lipinski definition) is 1. The van der Waals surface area contributed by atoms with Crippen LogP contribution in [0.4, 0.5) is 0 Å². The third-order valence-corrected chi connectivity index (χ3v) is 4.74. The van der Waals surface area contributed by atoms with E-state index in [1.165, 1.54) is 45.2 Å². The van der Waals surface area contributed by atoms with Crippen molar-refractivity contribution >= 4 is 0 Å². The summed E-state index contributed by atoms with van der Waals surface area (Å²) < 4.78 is 0. The maximum Gasteiger partial charge on any atom is 0.0695 e. The second kappa shape index (κ2) is 4.42. The van der Waals surface area contributed by atoms with E-state index in [4.69, 9.17) is 0 Å². The molecule has 2 atom stereocenters. The van der Waals surface area contributed by atoms with Gasteiger partial charge in [0.1, 0.15) is 0 Å². The fourth-order valence-corrected chi connectivity index (χ4v) is 3.26. The van der Waals surface area contributed by atoms with Gasteiger partial charge in [0, 0.05) is 19.1 Å². The van der Waals surface area contributed by atoms with Gasteiger partial charge in [-0.2, -0.15) is 0 Å². The maximum atomic E-state index is 9.98. The second-order valence-electron chi connectivity index (χ2n) is 5.53. The molecule has 1 saturated carbocycles. The summed E-state index contributed by atoms with van der Waals surface area (Å²) in [4.78, 5) is 2.52. The van der Waals surface area contributed by atoms with Crippen LogP contribution in [0.5, 0.6) is 0 Å².